The van der Waals surface area contributed by atoms with Crippen molar-refractivity contribution in [2.24, 2.45) is 5.92 Å². The van der Waals surface area contributed by atoms with Crippen molar-refractivity contribution in [2.75, 3.05) is 0 Å². The van der Waals surface area contributed by atoms with E-state index in [1.165, 1.54) is 0 Å². The number of hydrogen-bond donors (Lipinski definition) is 0. The summed E-state index contributed by atoms with van der Waals surface area (Å²) in [6, 6.07) is 6.98. The molecule has 1 aliphatic carbocycles. The summed E-state index contributed by atoms with van der Waals surface area (Å²) in [6.45, 7) is 0. The van der Waals surface area contributed by atoms with Crippen LogP contribution in [0.15, 0.2) is 18.2 Å². The van der Waals surface area contributed by atoms with Crippen molar-refractivity contribution in [3.8, 4) is 6.07 Å². The van der Waals surface area contributed by atoms with Gasteiger partial charge in [-0.05, 0) is 30.5 Å². The number of rotatable bonds is 3. The van der Waals surface area contributed by atoms with Crippen molar-refractivity contribution in [3.05, 3.63) is 33.8 Å². The maximum Gasteiger partial charge on any atom is 0.157 e. The van der Waals surface area contributed by atoms with E-state index in [1.54, 1.807) is 18.2 Å². The van der Waals surface area contributed by atoms with Crippen molar-refractivity contribution in [3.63, 3.8) is 0 Å². The van der Waals surface area contributed by atoms with Crippen LogP contribution in [-0.4, -0.2) is 5.78 Å². The third-order valence-electron chi connectivity index (χ3n) is 3.20. The van der Waals surface area contributed by atoms with Gasteiger partial charge in [0.25, 0.3) is 0 Å². The van der Waals surface area contributed by atoms with E-state index in [2.05, 4.69) is 6.07 Å². The zero-order valence-corrected chi connectivity index (χ0v) is 10.6. The highest BCUT2D eigenvalue weighted by atomic mass is 35.5. The molecule has 2 nitrogen and oxygen atoms in total. The quantitative estimate of drug-likeness (QED) is 0.832. The van der Waals surface area contributed by atoms with E-state index >= 15 is 0 Å². The number of halogens is 2. The van der Waals surface area contributed by atoms with E-state index in [9.17, 15) is 4.79 Å². The van der Waals surface area contributed by atoms with Gasteiger partial charge < -0.3 is 0 Å². The Morgan fingerprint density at radius 3 is 2.53 bits per heavy atom. The molecule has 0 radical (unpaired) electrons. The molecule has 17 heavy (non-hydrogen) atoms. The monoisotopic (exact) mass is 267 g/mol. The highest BCUT2D eigenvalue weighted by molar-refractivity contribution is 6.42. The lowest BCUT2D eigenvalue weighted by Crippen LogP contribution is -2.26. The maximum atomic E-state index is 12.1. The van der Waals surface area contributed by atoms with E-state index in [1.807, 2.05) is 0 Å². The molecule has 1 aliphatic rings. The van der Waals surface area contributed by atoms with Crippen molar-refractivity contribution in [1.29, 1.82) is 5.26 Å². The first-order valence-electron chi connectivity index (χ1n) is 5.51. The minimum atomic E-state index is -0.713. The van der Waals surface area contributed by atoms with Crippen LogP contribution in [0.3, 0.4) is 0 Å². The Balaban J connectivity index is 2.25. The van der Waals surface area contributed by atoms with Gasteiger partial charge in [-0.1, -0.05) is 35.7 Å². The van der Waals surface area contributed by atoms with Gasteiger partial charge in [0.15, 0.2) is 5.78 Å². The predicted molar refractivity (Wildman–Crippen MR) is 67.2 cm³/mol. The third-order valence-corrected chi connectivity index (χ3v) is 3.94. The molecule has 0 aromatic heterocycles. The van der Waals surface area contributed by atoms with E-state index in [-0.39, 0.29) is 11.7 Å². The summed E-state index contributed by atoms with van der Waals surface area (Å²) < 4.78 is 0. The lowest BCUT2D eigenvalue weighted by molar-refractivity contribution is -0.125. The first-order chi connectivity index (χ1) is 8.13. The van der Waals surface area contributed by atoms with Gasteiger partial charge in [-0.3, -0.25) is 4.79 Å². The number of carbonyl (C=O) groups is 1. The molecule has 1 atom stereocenters. The second kappa shape index (κ2) is 5.08. The zero-order chi connectivity index (χ0) is 12.4. The fraction of sp³-hybridized carbons (Fsp3) is 0.385. The largest absolute Gasteiger partial charge is 0.298 e. The SMILES string of the molecule is N#CC(C(=O)C1CCC1)c1ccc(Cl)c(Cl)c1. The van der Waals surface area contributed by atoms with Crippen LogP contribution in [-0.2, 0) is 4.79 Å². The van der Waals surface area contributed by atoms with Gasteiger partial charge in [-0.25, -0.2) is 0 Å². The van der Waals surface area contributed by atoms with Crippen LogP contribution in [0.1, 0.15) is 30.7 Å². The molecule has 1 aromatic rings. The molecule has 4 heteroatoms. The number of benzene rings is 1. The highest BCUT2D eigenvalue weighted by Crippen LogP contribution is 2.34. The van der Waals surface area contributed by atoms with Crippen molar-refractivity contribution < 1.29 is 4.79 Å². The van der Waals surface area contributed by atoms with Gasteiger partial charge in [0, 0.05) is 5.92 Å². The van der Waals surface area contributed by atoms with Crippen LogP contribution in [0.2, 0.25) is 10.0 Å². The first-order valence-corrected chi connectivity index (χ1v) is 6.27. The van der Waals surface area contributed by atoms with E-state index in [4.69, 9.17) is 28.5 Å². The molecule has 1 unspecified atom stereocenters. The Morgan fingerprint density at radius 2 is 2.06 bits per heavy atom. The zero-order valence-electron chi connectivity index (χ0n) is 9.12. The van der Waals surface area contributed by atoms with Gasteiger partial charge in [0.2, 0.25) is 0 Å². The molecule has 1 aromatic carbocycles. The average Bonchev–Trinajstić information content (AvgIpc) is 2.22. The summed E-state index contributed by atoms with van der Waals surface area (Å²) in [6.07, 6.45) is 2.88. The molecule has 0 aliphatic heterocycles. The van der Waals surface area contributed by atoms with Crippen LogP contribution >= 0.6 is 23.2 Å². The Labute approximate surface area is 110 Å². The average molecular weight is 268 g/mol. The molecule has 0 spiro atoms. The molecule has 0 amide bonds. The van der Waals surface area contributed by atoms with Gasteiger partial charge in [-0.15, -0.1) is 0 Å². The van der Waals surface area contributed by atoms with E-state index in [0.717, 1.165) is 19.3 Å². The van der Waals surface area contributed by atoms with Crippen LogP contribution in [0, 0.1) is 17.2 Å². The Hall–Kier alpha value is -1.04. The number of nitriles is 1. The highest BCUT2D eigenvalue weighted by Gasteiger charge is 2.32. The number of carbonyl (C=O) groups excluding carboxylic acids is 1. The van der Waals surface area contributed by atoms with Crippen molar-refractivity contribution in [2.45, 2.75) is 25.2 Å². The molecule has 0 saturated heterocycles. The predicted octanol–water partition coefficient (Wildman–Crippen LogP) is 3.97. The van der Waals surface area contributed by atoms with Crippen LogP contribution in [0.4, 0.5) is 0 Å². The Bertz CT molecular complexity index is 489. The lowest BCUT2D eigenvalue weighted by atomic mass is 9.76. The fourth-order valence-electron chi connectivity index (χ4n) is 1.92. The minimum Gasteiger partial charge on any atom is -0.298 e. The molecular formula is C13H11Cl2NO. The molecule has 2 rings (SSSR count). The lowest BCUT2D eigenvalue weighted by Gasteiger charge is -2.25. The number of nitrogens with zero attached hydrogens (tertiary/aromatic N) is 1. The second-order valence-corrected chi connectivity index (χ2v) is 5.08. The second-order valence-electron chi connectivity index (χ2n) is 4.27. The molecule has 0 heterocycles. The molecule has 88 valence electrons. The minimum absolute atomic E-state index is 0.0112. The number of Topliss-reactive ketones (excluding diaryl/α,β-unsaturated/α-hetero) is 1. The van der Waals surface area contributed by atoms with E-state index in [0.29, 0.717) is 15.6 Å². The first kappa shape index (κ1) is 12.4. The smallest absolute Gasteiger partial charge is 0.157 e. The molecular weight excluding hydrogens is 257 g/mol. The van der Waals surface area contributed by atoms with Crippen molar-refractivity contribution in [1.82, 2.24) is 0 Å². The summed E-state index contributed by atoms with van der Waals surface area (Å²) in [7, 11) is 0. The summed E-state index contributed by atoms with van der Waals surface area (Å²) in [5.74, 6) is -0.652. The normalized spacial score (nSPS) is 17.0. The van der Waals surface area contributed by atoms with Gasteiger partial charge >= 0.3 is 0 Å². The number of ketones is 1. The molecule has 1 saturated carbocycles. The Kier molecular flexibility index (Phi) is 3.71. The van der Waals surface area contributed by atoms with Crippen LogP contribution < -0.4 is 0 Å². The summed E-state index contributed by atoms with van der Waals surface area (Å²) >= 11 is 11.7. The van der Waals surface area contributed by atoms with Crippen LogP contribution in [0.5, 0.6) is 0 Å². The number of hydrogen-bond acceptors (Lipinski definition) is 2. The van der Waals surface area contributed by atoms with E-state index < -0.39 is 5.92 Å². The van der Waals surface area contributed by atoms with Crippen molar-refractivity contribution >= 4 is 29.0 Å². The topological polar surface area (TPSA) is 40.9 Å². The maximum absolute atomic E-state index is 12.1. The van der Waals surface area contributed by atoms with Gasteiger partial charge in [0.05, 0.1) is 16.1 Å². The molecule has 0 bridgehead atoms. The third kappa shape index (κ3) is 2.46. The summed E-state index contributed by atoms with van der Waals surface area (Å²) in [4.78, 5) is 12.1. The standard InChI is InChI=1S/C13H11Cl2NO/c14-11-5-4-9(6-12(11)15)10(7-16)13(17)8-2-1-3-8/h4-6,8,10H,1-3H2. The summed E-state index contributed by atoms with van der Waals surface area (Å²) in [5, 5.41) is 9.95. The van der Waals surface area contributed by atoms with Crippen LogP contribution in [0.25, 0.3) is 0 Å². The Morgan fingerprint density at radius 1 is 1.35 bits per heavy atom. The fourth-order valence-corrected chi connectivity index (χ4v) is 2.23. The summed E-state index contributed by atoms with van der Waals surface area (Å²) in [5.41, 5.74) is 0.638. The van der Waals surface area contributed by atoms with Gasteiger partial charge in [0.1, 0.15) is 5.92 Å². The van der Waals surface area contributed by atoms with Gasteiger partial charge in [-0.2, -0.15) is 5.26 Å². The molecule has 1 fully saturated rings. The molecule has 0 N–H and O–H groups in total.